The second-order valence-corrected chi connectivity index (χ2v) is 17.2. The molecule has 0 aliphatic rings. The summed E-state index contributed by atoms with van der Waals surface area (Å²) in [5.41, 5.74) is 0. The normalized spacial score (nSPS) is 14.7. The number of amides is 1. The highest BCUT2D eigenvalue weighted by atomic mass is 31.2. The Labute approximate surface area is 315 Å². The Hall–Kier alpha value is -1.02. The van der Waals surface area contributed by atoms with Crippen molar-refractivity contribution in [2.45, 2.75) is 199 Å². The highest BCUT2D eigenvalue weighted by Crippen LogP contribution is 2.43. The molecule has 302 valence electrons. The van der Waals surface area contributed by atoms with Crippen LogP contribution in [0, 0.1) is 0 Å². The Bertz CT molecular complexity index is 891. The molecule has 0 saturated heterocycles. The number of unbranched alkanes of at least 4 members (excludes halogenated alkanes) is 23. The number of aliphatic hydroxyl groups is 1. The van der Waals surface area contributed by atoms with E-state index in [1.807, 2.05) is 27.2 Å². The lowest BCUT2D eigenvalue weighted by Gasteiger charge is -2.25. The molecule has 1 amide bonds. The maximum atomic E-state index is 12.8. The number of phosphoric ester groups is 1. The molecule has 8 nitrogen and oxygen atoms in total. The molecule has 1 unspecified atom stereocenters. The zero-order valence-electron chi connectivity index (χ0n) is 34.1. The van der Waals surface area contributed by atoms with E-state index in [9.17, 15) is 19.4 Å². The fourth-order valence-electron chi connectivity index (χ4n) is 6.00. The molecule has 0 fully saturated rings. The van der Waals surface area contributed by atoms with E-state index in [0.717, 1.165) is 38.5 Å². The summed E-state index contributed by atoms with van der Waals surface area (Å²) in [6.07, 6.45) is 39.8. The molecular formula is C42H84N2O6P+. The molecule has 0 spiro atoms. The molecule has 0 rings (SSSR count). The molecule has 51 heavy (non-hydrogen) atoms. The first kappa shape index (κ1) is 50.0. The molecule has 0 heterocycles. The zero-order chi connectivity index (χ0) is 37.9. The molecule has 3 atom stereocenters. The SMILES string of the molecule is CCCCC/C=C/CC/C=C/[C@@H](O)[C@H](COP(=O)(O)OCC[N+](C)(C)C)NC(=O)CCCCCCCCCCCCCCCCCCCCCC. The largest absolute Gasteiger partial charge is 0.472 e. The number of quaternary nitrogens is 1. The fourth-order valence-corrected chi connectivity index (χ4v) is 6.73. The van der Waals surface area contributed by atoms with Crippen LogP contribution in [0.2, 0.25) is 0 Å². The van der Waals surface area contributed by atoms with Crippen molar-refractivity contribution in [1.82, 2.24) is 5.32 Å². The minimum atomic E-state index is -4.33. The summed E-state index contributed by atoms with van der Waals surface area (Å²) in [6.45, 7) is 4.74. The van der Waals surface area contributed by atoms with Crippen LogP contribution in [0.15, 0.2) is 24.3 Å². The third-order valence-corrected chi connectivity index (χ3v) is 10.4. The van der Waals surface area contributed by atoms with Gasteiger partial charge < -0.3 is 19.8 Å². The summed E-state index contributed by atoms with van der Waals surface area (Å²) in [6, 6.07) is -0.856. The summed E-state index contributed by atoms with van der Waals surface area (Å²) in [7, 11) is 1.56. The van der Waals surface area contributed by atoms with Crippen LogP contribution in [0.3, 0.4) is 0 Å². The summed E-state index contributed by atoms with van der Waals surface area (Å²) in [5.74, 6) is -0.188. The number of nitrogens with one attached hydrogen (secondary N) is 1. The molecule has 0 bridgehead atoms. The van der Waals surface area contributed by atoms with Crippen molar-refractivity contribution in [1.29, 1.82) is 0 Å². The second-order valence-electron chi connectivity index (χ2n) is 15.7. The predicted octanol–water partition coefficient (Wildman–Crippen LogP) is 11.4. The van der Waals surface area contributed by atoms with Gasteiger partial charge in [0.15, 0.2) is 0 Å². The molecule has 0 aromatic carbocycles. The molecule has 0 radical (unpaired) electrons. The summed E-state index contributed by atoms with van der Waals surface area (Å²) in [5, 5.41) is 13.7. The Kier molecular flexibility index (Phi) is 34.0. The fraction of sp³-hybridized carbons (Fsp3) is 0.881. The van der Waals surface area contributed by atoms with E-state index >= 15 is 0 Å². The van der Waals surface area contributed by atoms with Crippen LogP contribution in [0.25, 0.3) is 0 Å². The van der Waals surface area contributed by atoms with Crippen LogP contribution < -0.4 is 5.32 Å². The van der Waals surface area contributed by atoms with Gasteiger partial charge in [0.05, 0.1) is 39.9 Å². The van der Waals surface area contributed by atoms with Gasteiger partial charge in [-0.1, -0.05) is 173 Å². The minimum absolute atomic E-state index is 0.0577. The van der Waals surface area contributed by atoms with Gasteiger partial charge in [-0.05, 0) is 32.1 Å². The van der Waals surface area contributed by atoms with Gasteiger partial charge in [-0.2, -0.15) is 0 Å². The Morgan fingerprint density at radius 1 is 0.647 bits per heavy atom. The number of hydrogen-bond acceptors (Lipinski definition) is 5. The molecular weight excluding hydrogens is 659 g/mol. The topological polar surface area (TPSA) is 105 Å². The van der Waals surface area contributed by atoms with E-state index in [0.29, 0.717) is 17.4 Å². The van der Waals surface area contributed by atoms with Gasteiger partial charge in [0, 0.05) is 6.42 Å². The van der Waals surface area contributed by atoms with Gasteiger partial charge >= 0.3 is 7.82 Å². The van der Waals surface area contributed by atoms with Gasteiger partial charge in [0.1, 0.15) is 13.2 Å². The molecule has 0 aliphatic heterocycles. The summed E-state index contributed by atoms with van der Waals surface area (Å²) >= 11 is 0. The standard InChI is InChI=1S/C42H83N2O6P/c1-6-8-10-12-14-16-17-18-19-20-21-22-23-24-25-26-28-30-32-34-36-42(46)43-40(39-50-51(47,48)49-38-37-44(3,4)5)41(45)35-33-31-29-27-15-13-11-9-7-2/h15,27,33,35,40-41,45H,6-14,16-26,28-32,34,36-39H2,1-5H3,(H-,43,46,47,48)/p+1/b27-15+,35-33+/t40-,41+/m0/s1. The average Bonchev–Trinajstić information content (AvgIpc) is 3.07. The monoisotopic (exact) mass is 744 g/mol. The van der Waals surface area contributed by atoms with E-state index in [2.05, 4.69) is 31.3 Å². The summed E-state index contributed by atoms with van der Waals surface area (Å²) in [4.78, 5) is 23.0. The van der Waals surface area contributed by atoms with Gasteiger partial charge in [0.2, 0.25) is 5.91 Å². The van der Waals surface area contributed by atoms with E-state index < -0.39 is 20.0 Å². The third-order valence-electron chi connectivity index (χ3n) is 9.42. The number of allylic oxidation sites excluding steroid dienone is 3. The van der Waals surface area contributed by atoms with Crippen molar-refractivity contribution < 1.29 is 32.9 Å². The lowest BCUT2D eigenvalue weighted by Crippen LogP contribution is -2.45. The van der Waals surface area contributed by atoms with Crippen molar-refractivity contribution in [3.63, 3.8) is 0 Å². The highest BCUT2D eigenvalue weighted by molar-refractivity contribution is 7.47. The van der Waals surface area contributed by atoms with Gasteiger partial charge in [-0.15, -0.1) is 0 Å². The number of hydrogen-bond donors (Lipinski definition) is 3. The molecule has 0 aromatic heterocycles. The van der Waals surface area contributed by atoms with Gasteiger partial charge in [-0.25, -0.2) is 4.57 Å². The first-order valence-electron chi connectivity index (χ1n) is 21.2. The maximum Gasteiger partial charge on any atom is 0.472 e. The number of phosphoric acid groups is 1. The van der Waals surface area contributed by atoms with E-state index in [1.165, 1.54) is 128 Å². The van der Waals surface area contributed by atoms with Crippen LogP contribution >= 0.6 is 7.82 Å². The number of aliphatic hydroxyl groups excluding tert-OH is 1. The average molecular weight is 744 g/mol. The third kappa shape index (κ3) is 37.1. The van der Waals surface area contributed by atoms with Crippen LogP contribution in [0.5, 0.6) is 0 Å². The van der Waals surface area contributed by atoms with Crippen LogP contribution in [-0.2, 0) is 18.4 Å². The van der Waals surface area contributed by atoms with Gasteiger partial charge in [-0.3, -0.25) is 13.8 Å². The second kappa shape index (κ2) is 34.7. The lowest BCUT2D eigenvalue weighted by atomic mass is 10.0. The number of carbonyl (C=O) groups is 1. The van der Waals surface area contributed by atoms with E-state index in [1.54, 1.807) is 6.08 Å². The Morgan fingerprint density at radius 3 is 1.57 bits per heavy atom. The minimum Gasteiger partial charge on any atom is -0.387 e. The first-order valence-corrected chi connectivity index (χ1v) is 22.7. The molecule has 0 saturated carbocycles. The lowest BCUT2D eigenvalue weighted by molar-refractivity contribution is -0.870. The van der Waals surface area contributed by atoms with Crippen molar-refractivity contribution in [3.05, 3.63) is 24.3 Å². The molecule has 0 aromatic rings. The predicted molar refractivity (Wildman–Crippen MR) is 217 cm³/mol. The Balaban J connectivity index is 4.28. The first-order chi connectivity index (χ1) is 24.5. The van der Waals surface area contributed by atoms with Crippen molar-refractivity contribution in [3.8, 4) is 0 Å². The van der Waals surface area contributed by atoms with Gasteiger partial charge in [0.25, 0.3) is 0 Å². The quantitative estimate of drug-likeness (QED) is 0.0252. The van der Waals surface area contributed by atoms with Crippen molar-refractivity contribution >= 4 is 13.7 Å². The van der Waals surface area contributed by atoms with Crippen LogP contribution in [0.4, 0.5) is 0 Å². The van der Waals surface area contributed by atoms with E-state index in [4.69, 9.17) is 9.05 Å². The number of carbonyl (C=O) groups excluding carboxylic acids is 1. The molecule has 9 heteroatoms. The van der Waals surface area contributed by atoms with Crippen LogP contribution in [-0.4, -0.2) is 73.4 Å². The van der Waals surface area contributed by atoms with Crippen LogP contribution in [0.1, 0.15) is 187 Å². The number of likely N-dealkylation sites (N-methyl/N-ethyl adjacent to an activating group) is 1. The maximum absolute atomic E-state index is 12.8. The Morgan fingerprint density at radius 2 is 1.08 bits per heavy atom. The van der Waals surface area contributed by atoms with Crippen molar-refractivity contribution in [2.75, 3.05) is 40.9 Å². The number of nitrogens with zero attached hydrogens (tertiary/aromatic N) is 1. The molecule has 3 N–H and O–H groups in total. The van der Waals surface area contributed by atoms with Crippen molar-refractivity contribution in [2.24, 2.45) is 0 Å². The summed E-state index contributed by atoms with van der Waals surface area (Å²) < 4.78 is 23.4. The smallest absolute Gasteiger partial charge is 0.387 e. The van der Waals surface area contributed by atoms with E-state index in [-0.39, 0.29) is 19.1 Å². The zero-order valence-corrected chi connectivity index (χ0v) is 35.0. The number of rotatable bonds is 38. The molecule has 0 aliphatic carbocycles. The highest BCUT2D eigenvalue weighted by Gasteiger charge is 2.27.